The molecule has 5 heteroatoms. The third-order valence-corrected chi connectivity index (χ3v) is 6.89. The zero-order valence-corrected chi connectivity index (χ0v) is 15.1. The lowest BCUT2D eigenvalue weighted by Gasteiger charge is -2.49. The van der Waals surface area contributed by atoms with Crippen LogP contribution < -0.4 is 5.32 Å². The Morgan fingerprint density at radius 1 is 1.14 bits per heavy atom. The van der Waals surface area contributed by atoms with E-state index in [2.05, 4.69) is 31.2 Å². The Bertz CT molecular complexity index is 387. The van der Waals surface area contributed by atoms with Gasteiger partial charge in [0.15, 0.2) is 0 Å². The van der Waals surface area contributed by atoms with E-state index in [-0.39, 0.29) is 11.3 Å². The third-order valence-electron chi connectivity index (χ3n) is 5.10. The fraction of sp³-hybridized carbons (Fsp3) is 1.00. The first-order valence-electron chi connectivity index (χ1n) is 8.49. The van der Waals surface area contributed by atoms with Crippen molar-refractivity contribution < 1.29 is 8.42 Å². The molecule has 0 amide bonds. The molecule has 1 saturated carbocycles. The van der Waals surface area contributed by atoms with E-state index in [1.54, 1.807) is 6.92 Å². The van der Waals surface area contributed by atoms with Crippen molar-refractivity contribution in [2.45, 2.75) is 70.4 Å². The van der Waals surface area contributed by atoms with Crippen LogP contribution in [0, 0.1) is 0 Å². The van der Waals surface area contributed by atoms with Gasteiger partial charge in [-0.3, -0.25) is 0 Å². The van der Waals surface area contributed by atoms with E-state index in [0.29, 0.717) is 11.8 Å². The molecule has 0 saturated heterocycles. The fourth-order valence-electron chi connectivity index (χ4n) is 3.73. The predicted octanol–water partition coefficient (Wildman–Crippen LogP) is 2.44. The molecular weight excluding hydrogens is 284 g/mol. The number of nitrogens with one attached hydrogen (secondary N) is 1. The Balaban J connectivity index is 2.73. The van der Waals surface area contributed by atoms with Gasteiger partial charge in [0.1, 0.15) is 9.84 Å². The first kappa shape index (κ1) is 18.9. The number of sulfone groups is 1. The standard InChI is InChI=1S/C16H34N2O2S/c1-5-17-15(11-10-14-21(19,20)6-2)16(18(3)4)12-8-7-9-13-16/h15,17H,5-14H2,1-4H3. The second-order valence-corrected chi connectivity index (χ2v) is 9.02. The topological polar surface area (TPSA) is 49.4 Å². The Morgan fingerprint density at radius 3 is 2.24 bits per heavy atom. The molecule has 0 aromatic rings. The van der Waals surface area contributed by atoms with E-state index in [0.717, 1.165) is 19.4 Å². The summed E-state index contributed by atoms with van der Waals surface area (Å²) in [6, 6.07) is 0.393. The van der Waals surface area contributed by atoms with Crippen LogP contribution in [-0.4, -0.2) is 57.0 Å². The lowest BCUT2D eigenvalue weighted by atomic mass is 9.74. The van der Waals surface area contributed by atoms with Crippen molar-refractivity contribution in [1.82, 2.24) is 10.2 Å². The van der Waals surface area contributed by atoms with Crippen LogP contribution in [0.2, 0.25) is 0 Å². The molecule has 1 fully saturated rings. The monoisotopic (exact) mass is 318 g/mol. The van der Waals surface area contributed by atoms with Crippen LogP contribution in [0.3, 0.4) is 0 Å². The molecule has 0 bridgehead atoms. The highest BCUT2D eigenvalue weighted by Crippen LogP contribution is 2.36. The molecule has 1 rings (SSSR count). The summed E-state index contributed by atoms with van der Waals surface area (Å²) in [4.78, 5) is 2.38. The highest BCUT2D eigenvalue weighted by molar-refractivity contribution is 7.91. The van der Waals surface area contributed by atoms with Crippen LogP contribution in [0.1, 0.15) is 58.8 Å². The fourth-order valence-corrected chi connectivity index (χ4v) is 4.63. The normalized spacial score (nSPS) is 20.6. The Labute approximate surface area is 131 Å². The van der Waals surface area contributed by atoms with Crippen molar-refractivity contribution in [2.75, 3.05) is 32.1 Å². The van der Waals surface area contributed by atoms with Crippen molar-refractivity contribution in [1.29, 1.82) is 0 Å². The predicted molar refractivity (Wildman–Crippen MR) is 90.5 cm³/mol. The number of hydrogen-bond acceptors (Lipinski definition) is 4. The molecule has 0 heterocycles. The van der Waals surface area contributed by atoms with E-state index in [1.165, 1.54) is 32.1 Å². The summed E-state index contributed by atoms with van der Waals surface area (Å²) in [5.41, 5.74) is 0.199. The quantitative estimate of drug-likeness (QED) is 0.709. The van der Waals surface area contributed by atoms with Crippen LogP contribution in [0.15, 0.2) is 0 Å². The molecule has 0 radical (unpaired) electrons. The highest BCUT2D eigenvalue weighted by atomic mass is 32.2. The summed E-state index contributed by atoms with van der Waals surface area (Å²) >= 11 is 0. The van der Waals surface area contributed by atoms with Gasteiger partial charge in [0, 0.05) is 17.3 Å². The minimum Gasteiger partial charge on any atom is -0.312 e. The van der Waals surface area contributed by atoms with Gasteiger partial charge in [-0.2, -0.15) is 0 Å². The summed E-state index contributed by atoms with van der Waals surface area (Å²) in [5, 5.41) is 3.64. The van der Waals surface area contributed by atoms with E-state index in [9.17, 15) is 8.42 Å². The van der Waals surface area contributed by atoms with Crippen LogP contribution in [0.5, 0.6) is 0 Å². The molecule has 0 aliphatic heterocycles. The van der Waals surface area contributed by atoms with E-state index in [4.69, 9.17) is 0 Å². The van der Waals surface area contributed by atoms with Gasteiger partial charge in [-0.1, -0.05) is 33.1 Å². The first-order chi connectivity index (χ1) is 9.88. The molecule has 1 aliphatic carbocycles. The summed E-state index contributed by atoms with van der Waals surface area (Å²) in [6.45, 7) is 4.82. The van der Waals surface area contributed by atoms with Gasteiger partial charge in [0.05, 0.1) is 5.75 Å². The number of rotatable bonds is 9. The third kappa shape index (κ3) is 5.22. The average Bonchev–Trinajstić information content (AvgIpc) is 2.47. The SMILES string of the molecule is CCNC(CCCS(=O)(=O)CC)C1(N(C)C)CCCCC1. The van der Waals surface area contributed by atoms with Crippen molar-refractivity contribution >= 4 is 9.84 Å². The van der Waals surface area contributed by atoms with Gasteiger partial charge in [-0.25, -0.2) is 8.42 Å². The molecule has 0 aromatic carbocycles. The zero-order chi connectivity index (χ0) is 15.9. The molecule has 0 spiro atoms. The summed E-state index contributed by atoms with van der Waals surface area (Å²) < 4.78 is 23.4. The van der Waals surface area contributed by atoms with Gasteiger partial charge in [-0.05, 0) is 46.3 Å². The Hall–Kier alpha value is -0.130. The van der Waals surface area contributed by atoms with Gasteiger partial charge in [0.2, 0.25) is 0 Å². The van der Waals surface area contributed by atoms with Crippen molar-refractivity contribution in [2.24, 2.45) is 0 Å². The molecule has 1 unspecified atom stereocenters. The Morgan fingerprint density at radius 2 is 1.76 bits per heavy atom. The lowest BCUT2D eigenvalue weighted by molar-refractivity contribution is 0.0539. The van der Waals surface area contributed by atoms with E-state index < -0.39 is 9.84 Å². The van der Waals surface area contributed by atoms with E-state index in [1.807, 2.05) is 0 Å². The summed E-state index contributed by atoms with van der Waals surface area (Å²) in [7, 11) is 1.52. The van der Waals surface area contributed by atoms with Crippen molar-refractivity contribution in [3.8, 4) is 0 Å². The average molecular weight is 319 g/mol. The number of likely N-dealkylation sites (N-methyl/N-ethyl adjacent to an activating group) is 2. The minimum absolute atomic E-state index is 0.199. The molecule has 21 heavy (non-hydrogen) atoms. The molecule has 1 aliphatic rings. The van der Waals surface area contributed by atoms with Gasteiger partial charge in [0.25, 0.3) is 0 Å². The van der Waals surface area contributed by atoms with Gasteiger partial charge < -0.3 is 10.2 Å². The van der Waals surface area contributed by atoms with Gasteiger partial charge >= 0.3 is 0 Å². The molecule has 1 atom stereocenters. The summed E-state index contributed by atoms with van der Waals surface area (Å²) in [6.07, 6.45) is 8.06. The molecule has 1 N–H and O–H groups in total. The Kier molecular flexibility index (Phi) is 7.65. The largest absolute Gasteiger partial charge is 0.312 e. The van der Waals surface area contributed by atoms with E-state index >= 15 is 0 Å². The summed E-state index contributed by atoms with van der Waals surface area (Å²) in [5.74, 6) is 0.590. The van der Waals surface area contributed by atoms with Gasteiger partial charge in [-0.15, -0.1) is 0 Å². The molecule has 0 aromatic heterocycles. The number of hydrogen-bond donors (Lipinski definition) is 1. The maximum absolute atomic E-state index is 11.7. The maximum atomic E-state index is 11.7. The lowest BCUT2D eigenvalue weighted by Crippen LogP contribution is -2.60. The van der Waals surface area contributed by atoms with Crippen LogP contribution >= 0.6 is 0 Å². The highest BCUT2D eigenvalue weighted by Gasteiger charge is 2.40. The molecular formula is C16H34N2O2S. The van der Waals surface area contributed by atoms with Crippen LogP contribution in [0.25, 0.3) is 0 Å². The number of nitrogens with zero attached hydrogens (tertiary/aromatic N) is 1. The second kappa shape index (κ2) is 8.49. The minimum atomic E-state index is -2.84. The first-order valence-corrected chi connectivity index (χ1v) is 10.3. The molecule has 126 valence electrons. The van der Waals surface area contributed by atoms with Crippen LogP contribution in [0.4, 0.5) is 0 Å². The smallest absolute Gasteiger partial charge is 0.150 e. The second-order valence-electron chi connectivity index (χ2n) is 6.55. The van der Waals surface area contributed by atoms with Crippen LogP contribution in [-0.2, 0) is 9.84 Å². The zero-order valence-electron chi connectivity index (χ0n) is 14.3. The molecule has 4 nitrogen and oxygen atoms in total. The van der Waals surface area contributed by atoms with Crippen molar-refractivity contribution in [3.63, 3.8) is 0 Å². The van der Waals surface area contributed by atoms with Crippen molar-refractivity contribution in [3.05, 3.63) is 0 Å². The maximum Gasteiger partial charge on any atom is 0.150 e.